The largest absolute Gasteiger partial charge is 0.385 e. The Kier molecular flexibility index (Phi) is 3.28. The summed E-state index contributed by atoms with van der Waals surface area (Å²) < 4.78 is 0. The number of rotatable bonds is 3. The van der Waals surface area contributed by atoms with Gasteiger partial charge in [-0.25, -0.2) is 0 Å². The van der Waals surface area contributed by atoms with E-state index >= 15 is 0 Å². The van der Waals surface area contributed by atoms with Crippen LogP contribution in [0.5, 0.6) is 0 Å². The third-order valence-electron chi connectivity index (χ3n) is 2.96. The van der Waals surface area contributed by atoms with Crippen LogP contribution in [-0.2, 0) is 6.42 Å². The molecule has 86 valence electrons. The zero-order chi connectivity index (χ0) is 11.5. The Morgan fingerprint density at radius 3 is 3.00 bits per heavy atom. The van der Waals surface area contributed by atoms with Crippen molar-refractivity contribution in [2.45, 2.75) is 33.1 Å². The van der Waals surface area contributed by atoms with Crippen LogP contribution in [0.25, 0.3) is 0 Å². The zero-order valence-corrected chi connectivity index (χ0v) is 10.0. The van der Waals surface area contributed by atoms with Crippen LogP contribution in [-0.4, -0.2) is 12.3 Å². The summed E-state index contributed by atoms with van der Waals surface area (Å²) in [5.74, 6) is 0.699. The van der Waals surface area contributed by atoms with Gasteiger partial charge in [-0.2, -0.15) is 0 Å². The highest BCUT2D eigenvalue weighted by atomic mass is 16.1. The lowest BCUT2D eigenvalue weighted by Crippen LogP contribution is -2.13. The summed E-state index contributed by atoms with van der Waals surface area (Å²) in [4.78, 5) is 11.9. The average molecular weight is 217 g/mol. The number of hydrogen-bond donors (Lipinski definition) is 1. The van der Waals surface area contributed by atoms with Crippen LogP contribution >= 0.6 is 0 Å². The fourth-order valence-electron chi connectivity index (χ4n) is 2.14. The molecule has 0 unspecified atom stereocenters. The minimum Gasteiger partial charge on any atom is -0.385 e. The van der Waals surface area contributed by atoms with Crippen molar-refractivity contribution in [1.82, 2.24) is 0 Å². The first kappa shape index (κ1) is 11.2. The molecule has 1 N–H and O–H groups in total. The Hall–Kier alpha value is -1.31. The summed E-state index contributed by atoms with van der Waals surface area (Å²) >= 11 is 0. The molecular weight excluding hydrogens is 198 g/mol. The summed E-state index contributed by atoms with van der Waals surface area (Å²) in [5.41, 5.74) is 3.37. The van der Waals surface area contributed by atoms with Crippen LogP contribution in [0.1, 0.15) is 42.6 Å². The van der Waals surface area contributed by atoms with E-state index < -0.39 is 0 Å². The fourth-order valence-corrected chi connectivity index (χ4v) is 2.14. The van der Waals surface area contributed by atoms with E-state index in [0.29, 0.717) is 12.3 Å². The number of benzene rings is 1. The van der Waals surface area contributed by atoms with Crippen LogP contribution in [0.2, 0.25) is 0 Å². The molecule has 0 spiro atoms. The lowest BCUT2D eigenvalue weighted by Gasteiger charge is -2.18. The van der Waals surface area contributed by atoms with Crippen molar-refractivity contribution >= 4 is 11.5 Å². The maximum absolute atomic E-state index is 11.9. The van der Waals surface area contributed by atoms with Gasteiger partial charge in [0, 0.05) is 24.2 Å². The molecule has 0 saturated heterocycles. The van der Waals surface area contributed by atoms with E-state index in [2.05, 4.69) is 25.2 Å². The second-order valence-electron chi connectivity index (χ2n) is 4.92. The molecule has 1 aliphatic heterocycles. The number of carbonyl (C=O) groups excluding carboxylic acids is 1. The molecule has 0 atom stereocenters. The van der Waals surface area contributed by atoms with Gasteiger partial charge < -0.3 is 5.32 Å². The molecule has 0 radical (unpaired) electrons. The van der Waals surface area contributed by atoms with E-state index in [0.717, 1.165) is 24.9 Å². The lowest BCUT2D eigenvalue weighted by atomic mass is 9.96. The van der Waals surface area contributed by atoms with Crippen LogP contribution in [0, 0.1) is 5.92 Å². The van der Waals surface area contributed by atoms with Crippen LogP contribution in [0.15, 0.2) is 18.2 Å². The second kappa shape index (κ2) is 4.69. The monoisotopic (exact) mass is 217 g/mol. The standard InChI is InChI=1S/C14H19NO/c1-10(2)8-14(16)12-5-6-13-11(9-12)4-3-7-15-13/h5-6,9-10,15H,3-4,7-8H2,1-2H3. The molecule has 1 aromatic carbocycles. The first-order chi connectivity index (χ1) is 7.66. The molecule has 2 heteroatoms. The lowest BCUT2D eigenvalue weighted by molar-refractivity contribution is 0.0968. The van der Waals surface area contributed by atoms with Gasteiger partial charge in [-0.1, -0.05) is 13.8 Å². The quantitative estimate of drug-likeness (QED) is 0.787. The number of ketones is 1. The van der Waals surface area contributed by atoms with E-state index in [1.807, 2.05) is 12.1 Å². The molecule has 1 aliphatic rings. The highest BCUT2D eigenvalue weighted by molar-refractivity contribution is 5.96. The van der Waals surface area contributed by atoms with Crippen molar-refractivity contribution in [3.8, 4) is 0 Å². The van der Waals surface area contributed by atoms with Gasteiger partial charge in [0.25, 0.3) is 0 Å². The van der Waals surface area contributed by atoms with Gasteiger partial charge in [0.05, 0.1) is 0 Å². The molecule has 0 bridgehead atoms. The second-order valence-corrected chi connectivity index (χ2v) is 4.92. The van der Waals surface area contributed by atoms with Crippen molar-refractivity contribution in [2.24, 2.45) is 5.92 Å². The molecule has 0 aromatic heterocycles. The minimum absolute atomic E-state index is 0.267. The predicted octanol–water partition coefficient (Wildman–Crippen LogP) is 3.27. The third kappa shape index (κ3) is 2.43. The maximum Gasteiger partial charge on any atom is 0.163 e. The average Bonchev–Trinajstić information content (AvgIpc) is 2.27. The van der Waals surface area contributed by atoms with E-state index in [1.54, 1.807) is 0 Å². The molecular formula is C14H19NO. The van der Waals surface area contributed by atoms with E-state index in [4.69, 9.17) is 0 Å². The van der Waals surface area contributed by atoms with Gasteiger partial charge in [0.2, 0.25) is 0 Å². The number of Topliss-reactive ketones (excluding diaryl/α,β-unsaturated/α-hetero) is 1. The number of hydrogen-bond acceptors (Lipinski definition) is 2. The van der Waals surface area contributed by atoms with Gasteiger partial charge in [-0.05, 0) is 42.5 Å². The van der Waals surface area contributed by atoms with Gasteiger partial charge in [-0.15, -0.1) is 0 Å². The summed E-state index contributed by atoms with van der Waals surface area (Å²) in [7, 11) is 0. The number of fused-ring (bicyclic) bond motifs is 1. The summed E-state index contributed by atoms with van der Waals surface area (Å²) in [6, 6.07) is 6.05. The normalized spacial score (nSPS) is 14.4. The van der Waals surface area contributed by atoms with Crippen LogP contribution in [0.4, 0.5) is 5.69 Å². The molecule has 0 saturated carbocycles. The Balaban J connectivity index is 2.19. The highest BCUT2D eigenvalue weighted by Crippen LogP contribution is 2.23. The van der Waals surface area contributed by atoms with Crippen molar-refractivity contribution in [3.63, 3.8) is 0 Å². The van der Waals surface area contributed by atoms with Crippen molar-refractivity contribution in [2.75, 3.05) is 11.9 Å². The Bertz CT molecular complexity index is 396. The number of nitrogens with one attached hydrogen (secondary N) is 1. The first-order valence-electron chi connectivity index (χ1n) is 6.07. The van der Waals surface area contributed by atoms with Gasteiger partial charge in [-0.3, -0.25) is 4.79 Å². The molecule has 0 aliphatic carbocycles. The van der Waals surface area contributed by atoms with Crippen LogP contribution in [0.3, 0.4) is 0 Å². The zero-order valence-electron chi connectivity index (χ0n) is 10.0. The number of carbonyl (C=O) groups is 1. The molecule has 1 aromatic rings. The van der Waals surface area contributed by atoms with Crippen LogP contribution < -0.4 is 5.32 Å². The fraction of sp³-hybridized carbons (Fsp3) is 0.500. The first-order valence-corrected chi connectivity index (χ1v) is 6.07. The van der Waals surface area contributed by atoms with Crippen molar-refractivity contribution in [3.05, 3.63) is 29.3 Å². The molecule has 1 heterocycles. The summed E-state index contributed by atoms with van der Waals surface area (Å²) in [6.45, 7) is 5.21. The van der Waals surface area contributed by atoms with Gasteiger partial charge >= 0.3 is 0 Å². The third-order valence-corrected chi connectivity index (χ3v) is 2.96. The predicted molar refractivity (Wildman–Crippen MR) is 67.0 cm³/mol. The highest BCUT2D eigenvalue weighted by Gasteiger charge is 2.13. The van der Waals surface area contributed by atoms with E-state index in [9.17, 15) is 4.79 Å². The summed E-state index contributed by atoms with van der Waals surface area (Å²) in [6.07, 6.45) is 2.90. The van der Waals surface area contributed by atoms with E-state index in [1.165, 1.54) is 11.3 Å². The topological polar surface area (TPSA) is 29.1 Å². The molecule has 0 amide bonds. The number of anilines is 1. The molecule has 16 heavy (non-hydrogen) atoms. The smallest absolute Gasteiger partial charge is 0.163 e. The maximum atomic E-state index is 11.9. The van der Waals surface area contributed by atoms with Gasteiger partial charge in [0.1, 0.15) is 0 Å². The molecule has 0 fully saturated rings. The number of aryl methyl sites for hydroxylation is 1. The molecule has 2 nitrogen and oxygen atoms in total. The SMILES string of the molecule is CC(C)CC(=O)c1ccc2c(c1)CCCN2. The summed E-state index contributed by atoms with van der Waals surface area (Å²) in [5, 5.41) is 3.36. The Labute approximate surface area is 97.1 Å². The molecule has 2 rings (SSSR count). The van der Waals surface area contributed by atoms with Crippen molar-refractivity contribution < 1.29 is 4.79 Å². The minimum atomic E-state index is 0.267. The Morgan fingerprint density at radius 1 is 1.44 bits per heavy atom. The van der Waals surface area contributed by atoms with Gasteiger partial charge in [0.15, 0.2) is 5.78 Å². The van der Waals surface area contributed by atoms with Crippen molar-refractivity contribution in [1.29, 1.82) is 0 Å². The van der Waals surface area contributed by atoms with E-state index in [-0.39, 0.29) is 5.78 Å². The Morgan fingerprint density at radius 2 is 2.25 bits per heavy atom.